The molecule has 0 radical (unpaired) electrons. The summed E-state index contributed by atoms with van der Waals surface area (Å²) in [5.74, 6) is 1.24. The van der Waals surface area contributed by atoms with Gasteiger partial charge in [-0.2, -0.15) is 15.4 Å². The van der Waals surface area contributed by atoms with Gasteiger partial charge < -0.3 is 4.90 Å². The maximum atomic E-state index is 4.51. The highest BCUT2D eigenvalue weighted by molar-refractivity contribution is 5.78. The molecule has 0 spiro atoms. The van der Waals surface area contributed by atoms with Gasteiger partial charge in [-0.25, -0.2) is 0 Å². The highest BCUT2D eigenvalue weighted by Gasteiger charge is 2.44. The Balaban J connectivity index is 1.63. The molecule has 4 heteroatoms. The monoisotopic (exact) mass is 362 g/mol. The zero-order chi connectivity index (χ0) is 18.9. The predicted octanol–water partition coefficient (Wildman–Crippen LogP) is 4.78. The Labute approximate surface area is 162 Å². The largest absolute Gasteiger partial charge is 0.302 e. The van der Waals surface area contributed by atoms with E-state index in [4.69, 9.17) is 0 Å². The standard InChI is InChI=1S/C23H30N4/c1-17-9-7-12-19(16-27(3)15-18-10-5-4-6-11-18)23(17,2)20-13-8-14-21-22(20)25-26-24-21/h4-6,8,10-11,13-14,17,19H,7,9,12,15-16H2,1-3H3,(H,24,25,26). The molecule has 1 heterocycles. The number of rotatable bonds is 5. The molecule has 1 aliphatic carbocycles. The number of hydrogen-bond acceptors (Lipinski definition) is 3. The molecule has 27 heavy (non-hydrogen) atoms. The van der Waals surface area contributed by atoms with Gasteiger partial charge in [0.25, 0.3) is 0 Å². The average Bonchev–Trinajstić information content (AvgIpc) is 3.15. The van der Waals surface area contributed by atoms with Gasteiger partial charge in [0.05, 0.1) is 0 Å². The molecule has 3 aromatic rings. The van der Waals surface area contributed by atoms with Crippen molar-refractivity contribution in [2.45, 2.75) is 45.1 Å². The lowest BCUT2D eigenvalue weighted by molar-refractivity contribution is 0.0977. The fourth-order valence-electron chi connectivity index (χ4n) is 5.08. The summed E-state index contributed by atoms with van der Waals surface area (Å²) in [6, 6.07) is 17.2. The number of aromatic amines is 1. The van der Waals surface area contributed by atoms with Crippen molar-refractivity contribution in [3.05, 3.63) is 59.7 Å². The lowest BCUT2D eigenvalue weighted by Crippen LogP contribution is -2.46. The van der Waals surface area contributed by atoms with Gasteiger partial charge in [-0.3, -0.25) is 0 Å². The number of aromatic nitrogens is 3. The molecular formula is C23H30N4. The summed E-state index contributed by atoms with van der Waals surface area (Å²) >= 11 is 0. The summed E-state index contributed by atoms with van der Waals surface area (Å²) in [6.07, 6.45) is 3.87. The Bertz CT molecular complexity index is 888. The number of H-pyrrole nitrogens is 1. The molecule has 4 nitrogen and oxygen atoms in total. The first kappa shape index (κ1) is 18.2. The summed E-state index contributed by atoms with van der Waals surface area (Å²) in [5, 5.41) is 11.7. The molecule has 0 saturated heterocycles. The van der Waals surface area contributed by atoms with Crippen LogP contribution in [-0.2, 0) is 12.0 Å². The number of nitrogens with zero attached hydrogens (tertiary/aromatic N) is 3. The first-order valence-electron chi connectivity index (χ1n) is 10.1. The van der Waals surface area contributed by atoms with Gasteiger partial charge in [0, 0.05) is 18.5 Å². The quantitative estimate of drug-likeness (QED) is 0.710. The minimum absolute atomic E-state index is 0.111. The third-order valence-electron chi connectivity index (χ3n) is 6.82. The maximum absolute atomic E-state index is 4.51. The van der Waals surface area contributed by atoms with Crippen LogP contribution in [0.1, 0.15) is 44.2 Å². The second kappa shape index (κ2) is 7.43. The summed E-state index contributed by atoms with van der Waals surface area (Å²) in [5.41, 5.74) is 4.87. The number of para-hydroxylation sites is 1. The molecular weight excluding hydrogens is 332 g/mol. The predicted molar refractivity (Wildman–Crippen MR) is 111 cm³/mol. The SMILES string of the molecule is CC1CCCC(CN(C)Cc2ccccc2)C1(C)c1cccc2n[nH]nc12. The first-order chi connectivity index (χ1) is 13.1. The van der Waals surface area contributed by atoms with Crippen LogP contribution in [0.4, 0.5) is 0 Å². The van der Waals surface area contributed by atoms with Crippen LogP contribution in [0.15, 0.2) is 48.5 Å². The van der Waals surface area contributed by atoms with E-state index in [-0.39, 0.29) is 5.41 Å². The van der Waals surface area contributed by atoms with E-state index >= 15 is 0 Å². The molecule has 4 rings (SSSR count). The van der Waals surface area contributed by atoms with Crippen molar-refractivity contribution < 1.29 is 0 Å². The lowest BCUT2D eigenvalue weighted by Gasteiger charge is -2.48. The van der Waals surface area contributed by atoms with Crippen LogP contribution in [0.3, 0.4) is 0 Å². The molecule has 1 aromatic heterocycles. The van der Waals surface area contributed by atoms with Crippen molar-refractivity contribution in [2.24, 2.45) is 11.8 Å². The number of benzene rings is 2. The van der Waals surface area contributed by atoms with E-state index in [0.717, 1.165) is 24.1 Å². The molecule has 2 aromatic carbocycles. The van der Waals surface area contributed by atoms with Crippen LogP contribution in [0, 0.1) is 11.8 Å². The normalized spacial score (nSPS) is 25.9. The summed E-state index contributed by atoms with van der Waals surface area (Å²) in [7, 11) is 2.25. The minimum atomic E-state index is 0.111. The van der Waals surface area contributed by atoms with Crippen molar-refractivity contribution >= 4 is 11.0 Å². The second-order valence-electron chi connectivity index (χ2n) is 8.49. The Kier molecular flexibility index (Phi) is 5.00. The minimum Gasteiger partial charge on any atom is -0.302 e. The van der Waals surface area contributed by atoms with Gasteiger partial charge in [-0.1, -0.05) is 62.7 Å². The third-order valence-corrected chi connectivity index (χ3v) is 6.82. The number of nitrogens with one attached hydrogen (secondary N) is 1. The van der Waals surface area contributed by atoms with Gasteiger partial charge in [0.15, 0.2) is 0 Å². The van der Waals surface area contributed by atoms with Gasteiger partial charge in [-0.15, -0.1) is 0 Å². The summed E-state index contributed by atoms with van der Waals surface area (Å²) in [4.78, 5) is 2.49. The topological polar surface area (TPSA) is 44.8 Å². The van der Waals surface area contributed by atoms with Crippen molar-refractivity contribution in [1.82, 2.24) is 20.3 Å². The fraction of sp³-hybridized carbons (Fsp3) is 0.478. The molecule has 1 aliphatic rings. The van der Waals surface area contributed by atoms with E-state index in [0.29, 0.717) is 11.8 Å². The summed E-state index contributed by atoms with van der Waals surface area (Å²) in [6.45, 7) is 6.98. The average molecular weight is 363 g/mol. The second-order valence-corrected chi connectivity index (χ2v) is 8.49. The van der Waals surface area contributed by atoms with Crippen LogP contribution in [0.2, 0.25) is 0 Å². The lowest BCUT2D eigenvalue weighted by atomic mass is 9.58. The van der Waals surface area contributed by atoms with Crippen molar-refractivity contribution in [3.8, 4) is 0 Å². The molecule has 0 aliphatic heterocycles. The van der Waals surface area contributed by atoms with Crippen molar-refractivity contribution in [2.75, 3.05) is 13.6 Å². The van der Waals surface area contributed by atoms with E-state index < -0.39 is 0 Å². The number of fused-ring (bicyclic) bond motifs is 1. The molecule has 3 unspecified atom stereocenters. The molecule has 1 fully saturated rings. The first-order valence-corrected chi connectivity index (χ1v) is 10.1. The van der Waals surface area contributed by atoms with E-state index in [1.165, 1.54) is 30.4 Å². The van der Waals surface area contributed by atoms with E-state index in [9.17, 15) is 0 Å². The third kappa shape index (κ3) is 3.39. The van der Waals surface area contributed by atoms with Gasteiger partial charge in [0.1, 0.15) is 11.0 Å². The van der Waals surface area contributed by atoms with Gasteiger partial charge in [-0.05, 0) is 48.9 Å². The van der Waals surface area contributed by atoms with Crippen LogP contribution in [0.5, 0.6) is 0 Å². The molecule has 0 bridgehead atoms. The smallest absolute Gasteiger partial charge is 0.116 e. The Morgan fingerprint density at radius 1 is 1.07 bits per heavy atom. The van der Waals surface area contributed by atoms with Gasteiger partial charge in [0.2, 0.25) is 0 Å². The molecule has 142 valence electrons. The van der Waals surface area contributed by atoms with E-state index in [1.807, 2.05) is 0 Å². The van der Waals surface area contributed by atoms with Gasteiger partial charge >= 0.3 is 0 Å². The zero-order valence-corrected chi connectivity index (χ0v) is 16.7. The van der Waals surface area contributed by atoms with Crippen LogP contribution in [0.25, 0.3) is 11.0 Å². The Morgan fingerprint density at radius 2 is 1.89 bits per heavy atom. The molecule has 1 saturated carbocycles. The van der Waals surface area contributed by atoms with Crippen molar-refractivity contribution in [3.63, 3.8) is 0 Å². The zero-order valence-electron chi connectivity index (χ0n) is 16.7. The van der Waals surface area contributed by atoms with Crippen LogP contribution >= 0.6 is 0 Å². The van der Waals surface area contributed by atoms with Crippen molar-refractivity contribution in [1.29, 1.82) is 0 Å². The Hall–Kier alpha value is -2.20. The highest BCUT2D eigenvalue weighted by atomic mass is 15.3. The summed E-state index contributed by atoms with van der Waals surface area (Å²) < 4.78 is 0. The molecule has 1 N–H and O–H groups in total. The molecule has 3 atom stereocenters. The van der Waals surface area contributed by atoms with E-state index in [1.54, 1.807) is 0 Å². The molecule has 0 amide bonds. The fourth-order valence-corrected chi connectivity index (χ4v) is 5.08. The highest BCUT2D eigenvalue weighted by Crippen LogP contribution is 2.49. The Morgan fingerprint density at radius 3 is 2.70 bits per heavy atom. The maximum Gasteiger partial charge on any atom is 0.116 e. The van der Waals surface area contributed by atoms with Crippen LogP contribution in [-0.4, -0.2) is 33.9 Å². The number of hydrogen-bond donors (Lipinski definition) is 1. The van der Waals surface area contributed by atoms with Crippen LogP contribution < -0.4 is 0 Å². The van der Waals surface area contributed by atoms with E-state index in [2.05, 4.69) is 89.7 Å².